The number of aromatic nitrogens is 2. The van der Waals surface area contributed by atoms with Crippen molar-refractivity contribution in [3.8, 4) is 0 Å². The number of anilines is 2. The van der Waals surface area contributed by atoms with Crippen molar-refractivity contribution in [1.29, 1.82) is 0 Å². The van der Waals surface area contributed by atoms with Crippen LogP contribution in [0.4, 0.5) is 11.6 Å². The van der Waals surface area contributed by atoms with Crippen molar-refractivity contribution in [2.75, 3.05) is 17.4 Å². The molecule has 0 aliphatic rings. The quantitative estimate of drug-likeness (QED) is 0.669. The Morgan fingerprint density at radius 2 is 2.05 bits per heavy atom. The second-order valence-corrected chi connectivity index (χ2v) is 5.10. The summed E-state index contributed by atoms with van der Waals surface area (Å²) in [7, 11) is 1.99. The third-order valence-electron chi connectivity index (χ3n) is 2.73. The summed E-state index contributed by atoms with van der Waals surface area (Å²) in [6.45, 7) is 2.60. The molecule has 3 N–H and O–H groups in total. The number of nitrogens with one attached hydrogen (secondary N) is 1. The number of rotatable bonds is 4. The van der Waals surface area contributed by atoms with Gasteiger partial charge in [0.15, 0.2) is 0 Å². The Hall–Kier alpha value is -1.66. The van der Waals surface area contributed by atoms with Gasteiger partial charge in [0, 0.05) is 24.1 Å². The van der Waals surface area contributed by atoms with Crippen LogP contribution in [0.2, 0.25) is 0 Å². The van der Waals surface area contributed by atoms with Gasteiger partial charge in [-0.15, -0.1) is 0 Å². The van der Waals surface area contributed by atoms with E-state index in [-0.39, 0.29) is 0 Å². The van der Waals surface area contributed by atoms with Gasteiger partial charge < -0.3 is 10.3 Å². The summed E-state index contributed by atoms with van der Waals surface area (Å²) in [6.07, 6.45) is 0. The maximum atomic E-state index is 5.40. The monoisotopic (exact) mass is 321 g/mol. The molecule has 2 aromatic rings. The zero-order valence-electron chi connectivity index (χ0n) is 10.9. The molecule has 0 radical (unpaired) electrons. The lowest BCUT2D eigenvalue weighted by atomic mass is 10.2. The van der Waals surface area contributed by atoms with Crippen LogP contribution in [0.5, 0.6) is 0 Å². The Kier molecular flexibility index (Phi) is 4.34. The van der Waals surface area contributed by atoms with Gasteiger partial charge in [0.25, 0.3) is 0 Å². The zero-order chi connectivity index (χ0) is 13.8. The summed E-state index contributed by atoms with van der Waals surface area (Å²) in [5, 5.41) is 0. The number of hydrogen-bond acceptors (Lipinski definition) is 5. The highest BCUT2D eigenvalue weighted by molar-refractivity contribution is 9.10. The Bertz CT molecular complexity index is 573. The smallest absolute Gasteiger partial charge is 0.145 e. The van der Waals surface area contributed by atoms with Gasteiger partial charge >= 0.3 is 0 Å². The van der Waals surface area contributed by atoms with Crippen molar-refractivity contribution in [3.63, 3.8) is 0 Å². The van der Waals surface area contributed by atoms with Crippen molar-refractivity contribution in [3.05, 3.63) is 46.2 Å². The highest BCUT2D eigenvalue weighted by atomic mass is 79.9. The summed E-state index contributed by atoms with van der Waals surface area (Å²) < 4.78 is 1.09. The standard InChI is InChI=1S/C13H16BrN5/c1-9-16-12(18-15)7-13(17-9)19(2)8-10-5-3-4-6-11(10)14/h3-7H,8,15H2,1-2H3,(H,16,17,18). The minimum absolute atomic E-state index is 0.612. The molecule has 0 amide bonds. The van der Waals surface area contributed by atoms with Crippen molar-refractivity contribution >= 4 is 27.6 Å². The topological polar surface area (TPSA) is 67.1 Å². The van der Waals surface area contributed by atoms with Crippen LogP contribution in [-0.4, -0.2) is 17.0 Å². The van der Waals surface area contributed by atoms with Crippen molar-refractivity contribution in [1.82, 2.24) is 9.97 Å². The fourth-order valence-electron chi connectivity index (χ4n) is 1.78. The van der Waals surface area contributed by atoms with Gasteiger partial charge in [-0.25, -0.2) is 15.8 Å². The van der Waals surface area contributed by atoms with Gasteiger partial charge in [-0.1, -0.05) is 34.1 Å². The number of nitrogen functional groups attached to an aromatic ring is 1. The molecule has 1 heterocycles. The van der Waals surface area contributed by atoms with E-state index in [2.05, 4.69) is 42.3 Å². The fraction of sp³-hybridized carbons (Fsp3) is 0.231. The Morgan fingerprint density at radius 3 is 2.74 bits per heavy atom. The molecule has 0 aliphatic heterocycles. The maximum absolute atomic E-state index is 5.40. The predicted molar refractivity (Wildman–Crippen MR) is 80.8 cm³/mol. The van der Waals surface area contributed by atoms with E-state index in [1.54, 1.807) is 0 Å². The van der Waals surface area contributed by atoms with E-state index in [1.807, 2.05) is 38.2 Å². The highest BCUT2D eigenvalue weighted by Gasteiger charge is 2.08. The summed E-state index contributed by atoms with van der Waals surface area (Å²) in [5.74, 6) is 7.53. The lowest BCUT2D eigenvalue weighted by Gasteiger charge is -2.19. The maximum Gasteiger partial charge on any atom is 0.145 e. The second-order valence-electron chi connectivity index (χ2n) is 4.25. The van der Waals surface area contributed by atoms with Crippen LogP contribution >= 0.6 is 15.9 Å². The van der Waals surface area contributed by atoms with Gasteiger partial charge in [0.2, 0.25) is 0 Å². The molecule has 1 aromatic heterocycles. The summed E-state index contributed by atoms with van der Waals surface area (Å²) in [4.78, 5) is 10.6. The molecule has 1 aromatic carbocycles. The molecule has 0 saturated carbocycles. The SMILES string of the molecule is Cc1nc(NN)cc(N(C)Cc2ccccc2Br)n1. The van der Waals surface area contributed by atoms with E-state index in [0.29, 0.717) is 11.6 Å². The lowest BCUT2D eigenvalue weighted by molar-refractivity contribution is 0.876. The molecule has 0 unspecified atom stereocenters. The van der Waals surface area contributed by atoms with E-state index >= 15 is 0 Å². The number of benzene rings is 1. The average Bonchev–Trinajstić information content (AvgIpc) is 2.40. The van der Waals surface area contributed by atoms with Crippen LogP contribution in [0.15, 0.2) is 34.8 Å². The number of aryl methyl sites for hydroxylation is 1. The molecule has 0 atom stereocenters. The largest absolute Gasteiger partial charge is 0.355 e. The zero-order valence-corrected chi connectivity index (χ0v) is 12.5. The number of nitrogens with zero attached hydrogens (tertiary/aromatic N) is 3. The molecule has 6 heteroatoms. The van der Waals surface area contributed by atoms with E-state index in [9.17, 15) is 0 Å². The molecule has 5 nitrogen and oxygen atoms in total. The molecule has 0 fully saturated rings. The summed E-state index contributed by atoms with van der Waals surface area (Å²) in [6, 6.07) is 9.95. The number of hydrogen-bond donors (Lipinski definition) is 2. The molecule has 0 aliphatic carbocycles. The third-order valence-corrected chi connectivity index (χ3v) is 3.50. The normalized spacial score (nSPS) is 10.3. The van der Waals surface area contributed by atoms with Gasteiger partial charge in [-0.2, -0.15) is 0 Å². The lowest BCUT2D eigenvalue weighted by Crippen LogP contribution is -2.19. The van der Waals surface area contributed by atoms with Crippen LogP contribution in [0.25, 0.3) is 0 Å². The van der Waals surface area contributed by atoms with Crippen molar-refractivity contribution in [2.45, 2.75) is 13.5 Å². The van der Waals surface area contributed by atoms with Crippen LogP contribution in [0.1, 0.15) is 11.4 Å². The van der Waals surface area contributed by atoms with Crippen LogP contribution in [0, 0.1) is 6.92 Å². The average molecular weight is 322 g/mol. The Labute approximate surface area is 121 Å². The van der Waals surface area contributed by atoms with E-state index in [4.69, 9.17) is 5.84 Å². The fourth-order valence-corrected chi connectivity index (χ4v) is 2.19. The third kappa shape index (κ3) is 3.42. The van der Waals surface area contributed by atoms with Crippen LogP contribution < -0.4 is 16.2 Å². The first-order chi connectivity index (χ1) is 9.10. The molecular formula is C13H16BrN5. The summed E-state index contributed by atoms with van der Waals surface area (Å²) >= 11 is 3.55. The van der Waals surface area contributed by atoms with Gasteiger partial charge in [0.05, 0.1) is 0 Å². The first-order valence-electron chi connectivity index (χ1n) is 5.87. The van der Waals surface area contributed by atoms with Gasteiger partial charge in [-0.05, 0) is 18.6 Å². The summed E-state index contributed by atoms with van der Waals surface area (Å²) in [5.41, 5.74) is 3.75. The minimum Gasteiger partial charge on any atom is -0.355 e. The van der Waals surface area contributed by atoms with Crippen LogP contribution in [-0.2, 0) is 6.54 Å². The van der Waals surface area contributed by atoms with E-state index in [1.165, 1.54) is 5.56 Å². The first-order valence-corrected chi connectivity index (χ1v) is 6.66. The predicted octanol–water partition coefficient (Wildman–Crippen LogP) is 2.47. The van der Waals surface area contributed by atoms with Gasteiger partial charge in [0.1, 0.15) is 17.5 Å². The number of hydrazine groups is 1. The molecule has 0 saturated heterocycles. The number of nitrogens with two attached hydrogens (primary N) is 1. The van der Waals surface area contributed by atoms with Crippen molar-refractivity contribution < 1.29 is 0 Å². The Balaban J connectivity index is 2.22. The first kappa shape index (κ1) is 13.8. The van der Waals surface area contributed by atoms with Crippen LogP contribution in [0.3, 0.4) is 0 Å². The molecule has 100 valence electrons. The Morgan fingerprint density at radius 1 is 1.32 bits per heavy atom. The van der Waals surface area contributed by atoms with Gasteiger partial charge in [-0.3, -0.25) is 0 Å². The number of halogens is 1. The van der Waals surface area contributed by atoms with E-state index in [0.717, 1.165) is 16.8 Å². The second kappa shape index (κ2) is 5.99. The van der Waals surface area contributed by atoms with E-state index < -0.39 is 0 Å². The van der Waals surface area contributed by atoms with Crippen molar-refractivity contribution in [2.24, 2.45) is 5.84 Å². The highest BCUT2D eigenvalue weighted by Crippen LogP contribution is 2.21. The molecule has 19 heavy (non-hydrogen) atoms. The minimum atomic E-state index is 0.612. The molecule has 0 bridgehead atoms. The molecular weight excluding hydrogens is 306 g/mol. The molecule has 0 spiro atoms. The molecule has 2 rings (SSSR count).